The van der Waals surface area contributed by atoms with Crippen LogP contribution in [0.1, 0.15) is 28.4 Å². The number of ether oxygens (including phenoxy) is 2. The molecule has 2 heterocycles. The van der Waals surface area contributed by atoms with Gasteiger partial charge in [-0.05, 0) is 32.9 Å². The van der Waals surface area contributed by atoms with Gasteiger partial charge in [0.05, 0.1) is 13.2 Å². The highest BCUT2D eigenvalue weighted by atomic mass is 32.5. The van der Waals surface area contributed by atoms with Gasteiger partial charge in [-0.25, -0.2) is 4.68 Å². The minimum atomic E-state index is -10.1. The van der Waals surface area contributed by atoms with Gasteiger partial charge >= 0.3 is 10.2 Å². The molecule has 0 atom stereocenters. The lowest BCUT2D eigenvalue weighted by molar-refractivity contribution is 0.0964. The van der Waals surface area contributed by atoms with Gasteiger partial charge in [0.1, 0.15) is 23.8 Å². The summed E-state index contributed by atoms with van der Waals surface area (Å²) in [6.07, 6.45) is 0. The van der Waals surface area contributed by atoms with Crippen LogP contribution in [0.5, 0.6) is 11.6 Å². The number of ketones is 1. The summed E-state index contributed by atoms with van der Waals surface area (Å²) in [6, 6.07) is 0.968. The van der Waals surface area contributed by atoms with Crippen molar-refractivity contribution < 1.29 is 38.8 Å². The van der Waals surface area contributed by atoms with E-state index in [2.05, 4.69) is 10.2 Å². The lowest BCUT2D eigenvalue weighted by Gasteiger charge is -2.40. The van der Waals surface area contributed by atoms with Crippen LogP contribution in [0.25, 0.3) is 5.65 Å². The molecule has 9 nitrogen and oxygen atoms in total. The Morgan fingerprint density at radius 1 is 1.09 bits per heavy atom. The average Bonchev–Trinajstić information content (AvgIpc) is 3.04. The Bertz CT molecular complexity index is 1340. The van der Waals surface area contributed by atoms with Gasteiger partial charge in [-0.15, -0.1) is 10.2 Å². The van der Waals surface area contributed by atoms with E-state index in [-0.39, 0.29) is 29.3 Å². The number of nitrogens with zero attached hydrogens (tertiary/aromatic N) is 4. The van der Waals surface area contributed by atoms with E-state index in [1.54, 1.807) is 20.8 Å². The lowest BCUT2D eigenvalue weighted by Crippen LogP contribution is -2.26. The minimum Gasteiger partial charge on any atom is -0.491 e. The molecule has 0 fully saturated rings. The fourth-order valence-corrected chi connectivity index (χ4v) is 3.74. The molecular weight excluding hydrogens is 489 g/mol. The number of Topliss-reactive ketones (excluding diaryl/α,β-unsaturated/α-hetero) is 1. The second-order valence-electron chi connectivity index (χ2n) is 7.36. The van der Waals surface area contributed by atoms with E-state index in [0.29, 0.717) is 17.7 Å². The number of hydrogen-bond donors (Lipinski definition) is 2. The number of rotatable bonds is 9. The molecule has 0 aliphatic heterocycles. The van der Waals surface area contributed by atoms with Crippen LogP contribution < -0.4 is 15.1 Å². The third-order valence-electron chi connectivity index (χ3n) is 4.85. The molecule has 0 saturated heterocycles. The Morgan fingerprint density at radius 2 is 1.76 bits per heavy atom. The van der Waals surface area contributed by atoms with Gasteiger partial charge in [0.25, 0.3) is 0 Å². The number of benzene rings is 1. The van der Waals surface area contributed by atoms with Crippen molar-refractivity contribution in [2.75, 3.05) is 19.8 Å². The summed E-state index contributed by atoms with van der Waals surface area (Å²) in [6.45, 7) is 3.68. The van der Waals surface area contributed by atoms with Crippen LogP contribution in [0.2, 0.25) is 0 Å². The summed E-state index contributed by atoms with van der Waals surface area (Å²) >= 11 is 0. The lowest BCUT2D eigenvalue weighted by atomic mass is 10.1. The number of aliphatic hydroxyl groups excluding tert-OH is 1. The van der Waals surface area contributed by atoms with E-state index >= 15 is 0 Å². The van der Waals surface area contributed by atoms with Crippen molar-refractivity contribution in [3.8, 4) is 11.6 Å². The summed E-state index contributed by atoms with van der Waals surface area (Å²) in [5, 5.41) is 25.4. The van der Waals surface area contributed by atoms with Crippen molar-refractivity contribution in [2.45, 2.75) is 32.2 Å². The quantitative estimate of drug-likeness (QED) is 0.332. The number of aryl methyl sites for hydroxylation is 1. The van der Waals surface area contributed by atoms with Gasteiger partial charge < -0.3 is 14.6 Å². The standard InChI is InChI=1S/C19H22F5N5O4S/c1-4-32-18-12(3)11(2)17-26-28(19(25)29(17)27-18)10-16(31)13-7-14(33-6-5-30)9-15(8-13)34(20,21,22,23)24/h7-9,25,30H,4-6,10H2,1-3H3. The SMILES string of the molecule is CCOc1nn2c(=N)n(CC(=O)c3cc(OCCO)cc(S(F)(F)(F)(F)F)c3)nc2c(C)c1C. The monoisotopic (exact) mass is 511 g/mol. The summed E-state index contributed by atoms with van der Waals surface area (Å²) in [4.78, 5) is 10.5. The first-order valence-corrected chi connectivity index (χ1v) is 11.8. The van der Waals surface area contributed by atoms with Crippen molar-refractivity contribution >= 4 is 21.7 Å². The largest absolute Gasteiger partial charge is 0.491 e. The predicted molar refractivity (Wildman–Crippen MR) is 112 cm³/mol. The molecule has 0 aliphatic rings. The van der Waals surface area contributed by atoms with E-state index in [1.807, 2.05) is 0 Å². The average molecular weight is 511 g/mol. The van der Waals surface area contributed by atoms with Crippen molar-refractivity contribution in [3.63, 3.8) is 0 Å². The summed E-state index contributed by atoms with van der Waals surface area (Å²) in [7, 11) is -10.1. The van der Waals surface area contributed by atoms with Crippen LogP contribution >= 0.6 is 10.2 Å². The van der Waals surface area contributed by atoms with Gasteiger partial charge in [0.2, 0.25) is 11.5 Å². The van der Waals surface area contributed by atoms with Crippen LogP contribution in [0.15, 0.2) is 23.1 Å². The second-order valence-corrected chi connectivity index (χ2v) is 9.77. The summed E-state index contributed by atoms with van der Waals surface area (Å²) < 4.78 is 79.4. The Balaban J connectivity index is 2.06. The number of nitrogens with one attached hydrogen (secondary N) is 1. The Morgan fingerprint density at radius 3 is 2.35 bits per heavy atom. The number of halogens is 5. The van der Waals surface area contributed by atoms with Crippen molar-refractivity contribution in [1.29, 1.82) is 5.41 Å². The van der Waals surface area contributed by atoms with Crippen LogP contribution in [-0.2, 0) is 6.54 Å². The molecule has 0 spiro atoms. The number of aliphatic hydroxyl groups is 1. The van der Waals surface area contributed by atoms with E-state index in [0.717, 1.165) is 15.3 Å². The molecule has 0 aliphatic carbocycles. The van der Waals surface area contributed by atoms with Crippen LogP contribution in [0.3, 0.4) is 0 Å². The van der Waals surface area contributed by atoms with Gasteiger partial charge in [0, 0.05) is 22.8 Å². The highest BCUT2D eigenvalue weighted by molar-refractivity contribution is 8.45. The predicted octanol–water partition coefficient (Wildman–Crippen LogP) is 3.94. The fraction of sp³-hybridized carbons (Fsp3) is 0.368. The van der Waals surface area contributed by atoms with Crippen LogP contribution in [0.4, 0.5) is 19.4 Å². The molecule has 3 rings (SSSR count). The molecule has 1 aromatic carbocycles. The molecule has 15 heteroatoms. The maximum Gasteiger partial charge on any atom is 0.310 e. The molecule has 0 radical (unpaired) electrons. The van der Waals surface area contributed by atoms with Crippen LogP contribution in [0, 0.1) is 19.3 Å². The number of carbonyl (C=O) groups excluding carboxylic acids is 1. The van der Waals surface area contributed by atoms with Gasteiger partial charge in [-0.3, -0.25) is 10.2 Å². The first-order chi connectivity index (χ1) is 15.5. The number of aromatic nitrogens is 4. The molecule has 3 aromatic rings. The normalized spacial score (nSPS) is 14.0. The Kier molecular flexibility index (Phi) is 5.94. The van der Waals surface area contributed by atoms with Crippen molar-refractivity contribution in [2.24, 2.45) is 0 Å². The van der Waals surface area contributed by atoms with Crippen molar-refractivity contribution in [1.82, 2.24) is 19.4 Å². The first kappa shape index (κ1) is 25.4. The smallest absolute Gasteiger partial charge is 0.310 e. The molecule has 2 N–H and O–H groups in total. The number of fused-ring (bicyclic) bond motifs is 1. The van der Waals surface area contributed by atoms with E-state index < -0.39 is 52.0 Å². The van der Waals surface area contributed by atoms with Gasteiger partial charge in [-0.1, -0.05) is 19.4 Å². The molecule has 0 unspecified atom stereocenters. The highest BCUT2D eigenvalue weighted by Gasteiger charge is 2.65. The van der Waals surface area contributed by atoms with Crippen LogP contribution in [-0.4, -0.2) is 50.1 Å². The Labute approximate surface area is 190 Å². The third-order valence-corrected chi connectivity index (χ3v) is 5.98. The molecule has 2 aromatic heterocycles. The molecular formula is C19H22F5N5O4S. The zero-order valence-electron chi connectivity index (χ0n) is 18.3. The van der Waals surface area contributed by atoms with E-state index in [4.69, 9.17) is 20.0 Å². The maximum absolute atomic E-state index is 13.4. The van der Waals surface area contributed by atoms with Gasteiger partial charge in [0.15, 0.2) is 11.4 Å². The highest BCUT2D eigenvalue weighted by Crippen LogP contribution is 3.02. The molecule has 188 valence electrons. The second kappa shape index (κ2) is 7.94. The molecule has 0 amide bonds. The molecule has 0 saturated carbocycles. The zero-order chi connectivity index (χ0) is 25.5. The van der Waals surface area contributed by atoms with Crippen molar-refractivity contribution in [3.05, 3.63) is 40.5 Å². The van der Waals surface area contributed by atoms with E-state index in [1.165, 1.54) is 0 Å². The third kappa shape index (κ3) is 5.14. The Hall–Kier alpha value is -3.20. The first-order valence-electron chi connectivity index (χ1n) is 9.86. The fourth-order valence-electron chi connectivity index (χ4n) is 3.05. The van der Waals surface area contributed by atoms with E-state index in [9.17, 15) is 24.2 Å². The number of hydrogen-bond acceptors (Lipinski definition) is 7. The molecule has 0 bridgehead atoms. The van der Waals surface area contributed by atoms with Gasteiger partial charge in [-0.2, -0.15) is 4.52 Å². The molecule has 34 heavy (non-hydrogen) atoms. The topological polar surface area (TPSA) is 115 Å². The zero-order valence-corrected chi connectivity index (χ0v) is 19.1. The summed E-state index contributed by atoms with van der Waals surface area (Å²) in [5.41, 5.74) is 0.353. The summed E-state index contributed by atoms with van der Waals surface area (Å²) in [5.74, 6) is -1.45. The number of carbonyl (C=O) groups is 1. The minimum absolute atomic E-state index is 0.0382. The maximum atomic E-state index is 13.4.